The van der Waals surface area contributed by atoms with E-state index in [1.165, 1.54) is 0 Å². The number of hydrogen-bond acceptors (Lipinski definition) is 6. The molecule has 1 rings (SSSR count). The molecule has 0 radical (unpaired) electrons. The van der Waals surface area contributed by atoms with Crippen molar-refractivity contribution < 1.29 is 19.9 Å². The monoisotopic (exact) mass is 144 g/mol. The van der Waals surface area contributed by atoms with Crippen LogP contribution in [0.2, 0.25) is 0 Å². The number of rotatable bonds is 0. The third kappa shape index (κ3) is 0.790. The van der Waals surface area contributed by atoms with Gasteiger partial charge >= 0.3 is 5.97 Å². The highest BCUT2D eigenvalue weighted by Crippen LogP contribution is 1.99. The molecule has 0 amide bonds. The molecule has 0 aliphatic carbocycles. The van der Waals surface area contributed by atoms with Gasteiger partial charge in [0.25, 0.3) is 0 Å². The highest BCUT2D eigenvalue weighted by molar-refractivity contribution is 6.68. The van der Waals surface area contributed by atoms with Crippen LogP contribution in [0.4, 0.5) is 0 Å². The molecule has 0 spiro atoms. The van der Waals surface area contributed by atoms with Gasteiger partial charge < -0.3 is 15.2 Å². The molecule has 0 unspecified atom stereocenters. The maximum Gasteiger partial charge on any atom is 0.362 e. The topological polar surface area (TPSA) is 91.5 Å². The maximum absolute atomic E-state index is 10.5. The number of nitrogens with zero attached hydrogens (tertiary/aromatic N) is 2. The Bertz CT molecular complexity index is 219. The number of esters is 1. The lowest BCUT2D eigenvalue weighted by Gasteiger charge is -1.82. The second-order valence-electron chi connectivity index (χ2n) is 1.57. The van der Waals surface area contributed by atoms with Crippen LogP contribution in [0.5, 0.6) is 0 Å². The Morgan fingerprint density at radius 2 is 2.10 bits per heavy atom. The number of ether oxygens (including phenoxy) is 1. The number of carbonyl (C=O) groups excluding carboxylic acids is 1. The summed E-state index contributed by atoms with van der Waals surface area (Å²) >= 11 is 0. The molecule has 0 atom stereocenters. The van der Waals surface area contributed by atoms with Crippen LogP contribution >= 0.6 is 0 Å². The zero-order valence-corrected chi connectivity index (χ0v) is 4.81. The maximum atomic E-state index is 10.5. The number of hydrogen-bond donors (Lipinski definition) is 2. The van der Waals surface area contributed by atoms with Crippen molar-refractivity contribution in [3.8, 4) is 0 Å². The van der Waals surface area contributed by atoms with E-state index in [1.807, 2.05) is 0 Å². The lowest BCUT2D eigenvalue weighted by Crippen LogP contribution is -2.14. The summed E-state index contributed by atoms with van der Waals surface area (Å²) in [5, 5.41) is 21.5. The first-order chi connectivity index (χ1) is 4.79. The van der Waals surface area contributed by atoms with Gasteiger partial charge in [-0.3, -0.25) is 0 Å². The molecule has 1 fully saturated rings. The number of oxime groups is 2. The van der Waals surface area contributed by atoms with Crippen molar-refractivity contribution in [2.24, 2.45) is 10.3 Å². The van der Waals surface area contributed by atoms with Crippen molar-refractivity contribution >= 4 is 17.4 Å². The molecular formula is C4H4N2O4. The van der Waals surface area contributed by atoms with E-state index in [4.69, 9.17) is 10.4 Å². The Kier molecular flexibility index (Phi) is 1.53. The predicted octanol–water partition coefficient (Wildman–Crippen LogP) is -0.796. The van der Waals surface area contributed by atoms with E-state index >= 15 is 0 Å². The average Bonchev–Trinajstić information content (AvgIpc) is 2.30. The summed E-state index contributed by atoms with van der Waals surface area (Å²) in [6.07, 6.45) is 0. The van der Waals surface area contributed by atoms with Crippen molar-refractivity contribution in [3.05, 3.63) is 0 Å². The fraction of sp³-hybridized carbons (Fsp3) is 0.250. The van der Waals surface area contributed by atoms with Crippen molar-refractivity contribution in [2.75, 3.05) is 6.61 Å². The van der Waals surface area contributed by atoms with Crippen LogP contribution in [0.1, 0.15) is 0 Å². The zero-order chi connectivity index (χ0) is 7.56. The third-order valence-electron chi connectivity index (χ3n) is 1.03. The summed E-state index contributed by atoms with van der Waals surface area (Å²) in [6, 6.07) is 0. The summed E-state index contributed by atoms with van der Waals surface area (Å²) < 4.78 is 4.34. The molecule has 1 heterocycles. The van der Waals surface area contributed by atoms with Gasteiger partial charge in [-0.25, -0.2) is 4.79 Å². The van der Waals surface area contributed by atoms with Gasteiger partial charge in [-0.05, 0) is 0 Å². The van der Waals surface area contributed by atoms with Crippen LogP contribution in [0.15, 0.2) is 10.3 Å². The Morgan fingerprint density at radius 3 is 2.50 bits per heavy atom. The normalized spacial score (nSPS) is 25.8. The minimum atomic E-state index is -0.782. The van der Waals surface area contributed by atoms with E-state index in [2.05, 4.69) is 15.0 Å². The van der Waals surface area contributed by atoms with Crippen molar-refractivity contribution in [1.29, 1.82) is 0 Å². The minimum absolute atomic E-state index is 0.0625. The first kappa shape index (κ1) is 6.53. The second kappa shape index (κ2) is 2.34. The molecule has 0 saturated carbocycles. The van der Waals surface area contributed by atoms with Crippen LogP contribution in [0, 0.1) is 0 Å². The van der Waals surface area contributed by atoms with E-state index in [0.29, 0.717) is 0 Å². The lowest BCUT2D eigenvalue weighted by atomic mass is 10.3. The molecule has 1 aliphatic heterocycles. The summed E-state index contributed by atoms with van der Waals surface area (Å²) in [7, 11) is 0. The molecule has 10 heavy (non-hydrogen) atoms. The minimum Gasteiger partial charge on any atom is -0.454 e. The molecule has 1 saturated heterocycles. The summed E-state index contributed by atoms with van der Waals surface area (Å²) in [5.41, 5.74) is -0.407. The standard InChI is InChI=1S/C4H4N2O4/c7-4-3(6-9)2(5-8)1-10-4/h8-9H,1H2/b5-2+,6-3-. The van der Waals surface area contributed by atoms with E-state index < -0.39 is 5.97 Å². The van der Waals surface area contributed by atoms with Gasteiger partial charge in [0, 0.05) is 0 Å². The summed E-state index contributed by atoms with van der Waals surface area (Å²) in [6.45, 7) is -0.144. The third-order valence-corrected chi connectivity index (χ3v) is 1.03. The lowest BCUT2D eigenvalue weighted by molar-refractivity contribution is -0.132. The Hall–Kier alpha value is -1.59. The van der Waals surface area contributed by atoms with Crippen molar-refractivity contribution in [3.63, 3.8) is 0 Å². The van der Waals surface area contributed by atoms with Gasteiger partial charge in [0.2, 0.25) is 5.71 Å². The van der Waals surface area contributed by atoms with Crippen molar-refractivity contribution in [2.45, 2.75) is 0 Å². The van der Waals surface area contributed by atoms with E-state index in [1.54, 1.807) is 0 Å². The Balaban J connectivity index is 2.95. The second-order valence-corrected chi connectivity index (χ2v) is 1.57. The van der Waals surface area contributed by atoms with Gasteiger partial charge in [-0.15, -0.1) is 0 Å². The molecule has 6 nitrogen and oxygen atoms in total. The molecule has 54 valence electrons. The van der Waals surface area contributed by atoms with Crippen LogP contribution in [-0.4, -0.2) is 34.4 Å². The van der Waals surface area contributed by atoms with E-state index in [0.717, 1.165) is 0 Å². The first-order valence-corrected chi connectivity index (χ1v) is 2.40. The Labute approximate surface area is 55.4 Å². The van der Waals surface area contributed by atoms with Crippen LogP contribution in [0.25, 0.3) is 0 Å². The van der Waals surface area contributed by atoms with E-state index in [9.17, 15) is 4.79 Å². The van der Waals surface area contributed by atoms with Crippen LogP contribution in [-0.2, 0) is 9.53 Å². The molecule has 6 heteroatoms. The highest BCUT2D eigenvalue weighted by Gasteiger charge is 2.29. The SMILES string of the molecule is O=C1OCC(=N\O)/C1=N/O. The van der Waals surface area contributed by atoms with Gasteiger partial charge in [0.1, 0.15) is 6.61 Å². The summed E-state index contributed by atoms with van der Waals surface area (Å²) in [4.78, 5) is 10.5. The fourth-order valence-corrected chi connectivity index (χ4v) is 0.563. The molecule has 0 aromatic rings. The van der Waals surface area contributed by atoms with Gasteiger partial charge in [0.05, 0.1) is 0 Å². The molecule has 0 aromatic carbocycles. The predicted molar refractivity (Wildman–Crippen MR) is 29.4 cm³/mol. The van der Waals surface area contributed by atoms with Crippen LogP contribution < -0.4 is 0 Å². The zero-order valence-electron chi connectivity index (χ0n) is 4.81. The molecule has 0 bridgehead atoms. The first-order valence-electron chi connectivity index (χ1n) is 2.40. The molecule has 1 aliphatic rings. The van der Waals surface area contributed by atoms with Crippen molar-refractivity contribution in [1.82, 2.24) is 0 Å². The van der Waals surface area contributed by atoms with Gasteiger partial charge in [-0.1, -0.05) is 10.3 Å². The molecule has 0 aromatic heterocycles. The fourth-order valence-electron chi connectivity index (χ4n) is 0.563. The smallest absolute Gasteiger partial charge is 0.362 e. The van der Waals surface area contributed by atoms with Gasteiger partial charge in [-0.2, -0.15) is 0 Å². The number of carbonyl (C=O) groups is 1. The number of cyclic esters (lactones) is 1. The molecule has 2 N–H and O–H groups in total. The summed E-state index contributed by atoms with van der Waals surface area (Å²) in [5.74, 6) is -0.782. The quantitative estimate of drug-likeness (QED) is 0.264. The Morgan fingerprint density at radius 1 is 1.40 bits per heavy atom. The average molecular weight is 144 g/mol. The highest BCUT2D eigenvalue weighted by atomic mass is 16.5. The van der Waals surface area contributed by atoms with Crippen LogP contribution in [0.3, 0.4) is 0 Å². The largest absolute Gasteiger partial charge is 0.454 e. The van der Waals surface area contributed by atoms with E-state index in [-0.39, 0.29) is 18.0 Å². The van der Waals surface area contributed by atoms with Gasteiger partial charge in [0.15, 0.2) is 5.71 Å². The molecular weight excluding hydrogens is 140 g/mol.